The molecule has 2 N–H and O–H groups in total. The third kappa shape index (κ3) is 3.96. The summed E-state index contributed by atoms with van der Waals surface area (Å²) >= 11 is 0. The van der Waals surface area contributed by atoms with E-state index in [2.05, 4.69) is 17.6 Å². The second-order valence-corrected chi connectivity index (χ2v) is 7.52. The van der Waals surface area contributed by atoms with Gasteiger partial charge in [0.15, 0.2) is 0 Å². The minimum Gasteiger partial charge on any atom is -0.352 e. The molecular formula is C16H29N3O2. The first-order valence-corrected chi connectivity index (χ1v) is 8.12. The van der Waals surface area contributed by atoms with Gasteiger partial charge in [0.2, 0.25) is 11.8 Å². The normalized spacial score (nSPS) is 27.7. The minimum absolute atomic E-state index is 0.0424. The molecule has 0 aliphatic carbocycles. The first-order valence-electron chi connectivity index (χ1n) is 8.12. The van der Waals surface area contributed by atoms with Gasteiger partial charge in [0.25, 0.3) is 0 Å². The van der Waals surface area contributed by atoms with E-state index in [-0.39, 0.29) is 29.3 Å². The van der Waals surface area contributed by atoms with E-state index in [4.69, 9.17) is 0 Å². The highest BCUT2D eigenvalue weighted by atomic mass is 16.2. The van der Waals surface area contributed by atoms with Crippen LogP contribution in [0.5, 0.6) is 0 Å². The smallest absolute Gasteiger partial charge is 0.237 e. The van der Waals surface area contributed by atoms with Crippen molar-refractivity contribution in [3.05, 3.63) is 0 Å². The van der Waals surface area contributed by atoms with Crippen LogP contribution in [0.25, 0.3) is 0 Å². The van der Waals surface area contributed by atoms with Crippen molar-refractivity contribution in [2.45, 2.75) is 59.0 Å². The molecule has 0 aromatic rings. The molecule has 2 aliphatic rings. The van der Waals surface area contributed by atoms with Crippen LogP contribution in [0.4, 0.5) is 0 Å². The van der Waals surface area contributed by atoms with Crippen molar-refractivity contribution in [3.8, 4) is 0 Å². The van der Waals surface area contributed by atoms with Crippen LogP contribution in [0.2, 0.25) is 0 Å². The fourth-order valence-corrected chi connectivity index (χ4v) is 3.18. The van der Waals surface area contributed by atoms with E-state index in [9.17, 15) is 9.59 Å². The quantitative estimate of drug-likeness (QED) is 0.803. The number of likely N-dealkylation sites (tertiary alicyclic amines) is 1. The van der Waals surface area contributed by atoms with Gasteiger partial charge in [-0.2, -0.15) is 0 Å². The van der Waals surface area contributed by atoms with Crippen LogP contribution in [0.1, 0.15) is 47.0 Å². The van der Waals surface area contributed by atoms with E-state index < -0.39 is 0 Å². The zero-order chi connectivity index (χ0) is 15.6. The average molecular weight is 295 g/mol. The first kappa shape index (κ1) is 16.3. The Morgan fingerprint density at radius 1 is 1.14 bits per heavy atom. The number of amides is 2. The highest BCUT2D eigenvalue weighted by Gasteiger charge is 2.33. The van der Waals surface area contributed by atoms with Gasteiger partial charge in [-0.05, 0) is 31.7 Å². The van der Waals surface area contributed by atoms with Crippen molar-refractivity contribution < 1.29 is 9.59 Å². The molecule has 0 saturated carbocycles. The van der Waals surface area contributed by atoms with Crippen LogP contribution in [-0.4, -0.2) is 48.4 Å². The van der Waals surface area contributed by atoms with Gasteiger partial charge in [0.1, 0.15) is 0 Å². The molecule has 2 atom stereocenters. The molecule has 0 spiro atoms. The van der Waals surface area contributed by atoms with Crippen LogP contribution in [0.15, 0.2) is 0 Å². The van der Waals surface area contributed by atoms with Crippen molar-refractivity contribution in [1.82, 2.24) is 15.5 Å². The number of carbonyl (C=O) groups is 2. The Balaban J connectivity index is 1.79. The Hall–Kier alpha value is -1.10. The molecule has 2 fully saturated rings. The maximum Gasteiger partial charge on any atom is 0.237 e. The molecule has 120 valence electrons. The monoisotopic (exact) mass is 295 g/mol. The van der Waals surface area contributed by atoms with E-state index in [0.717, 1.165) is 38.9 Å². The summed E-state index contributed by atoms with van der Waals surface area (Å²) in [7, 11) is 0. The summed E-state index contributed by atoms with van der Waals surface area (Å²) in [5.41, 5.74) is -0.320. The standard InChI is InChI=1S/C16H29N3O2/c1-11-5-8-17-13(11)14(20)18-12-6-9-19(10-7-12)15(21)16(2,3)4/h11-13,17H,5-10H2,1-4H3,(H,18,20). The largest absolute Gasteiger partial charge is 0.352 e. The molecule has 21 heavy (non-hydrogen) atoms. The summed E-state index contributed by atoms with van der Waals surface area (Å²) in [6.07, 6.45) is 2.78. The highest BCUT2D eigenvalue weighted by molar-refractivity contribution is 5.83. The molecule has 5 nitrogen and oxygen atoms in total. The lowest BCUT2D eigenvalue weighted by Crippen LogP contribution is -2.52. The zero-order valence-corrected chi connectivity index (χ0v) is 13.7. The lowest BCUT2D eigenvalue weighted by molar-refractivity contribution is -0.140. The number of hydrogen-bond donors (Lipinski definition) is 2. The Labute approximate surface area is 127 Å². The average Bonchev–Trinajstić information content (AvgIpc) is 2.84. The summed E-state index contributed by atoms with van der Waals surface area (Å²) < 4.78 is 0. The second-order valence-electron chi connectivity index (χ2n) is 7.52. The van der Waals surface area contributed by atoms with Gasteiger partial charge < -0.3 is 15.5 Å². The number of nitrogens with zero attached hydrogens (tertiary/aromatic N) is 1. The van der Waals surface area contributed by atoms with Crippen LogP contribution >= 0.6 is 0 Å². The van der Waals surface area contributed by atoms with Crippen molar-refractivity contribution in [2.75, 3.05) is 19.6 Å². The highest BCUT2D eigenvalue weighted by Crippen LogP contribution is 2.21. The molecule has 0 aromatic heterocycles. The molecule has 2 rings (SSSR count). The molecule has 2 heterocycles. The fraction of sp³-hybridized carbons (Fsp3) is 0.875. The van der Waals surface area contributed by atoms with E-state index in [1.807, 2.05) is 25.7 Å². The molecule has 2 aliphatic heterocycles. The van der Waals surface area contributed by atoms with Gasteiger partial charge in [0, 0.05) is 24.5 Å². The molecule has 0 radical (unpaired) electrons. The SMILES string of the molecule is CC1CCNC1C(=O)NC1CCN(C(=O)C(C)(C)C)CC1. The predicted octanol–water partition coefficient (Wildman–Crippen LogP) is 1.14. The molecule has 0 aromatic carbocycles. The second kappa shape index (κ2) is 6.34. The summed E-state index contributed by atoms with van der Waals surface area (Å²) in [4.78, 5) is 26.4. The van der Waals surface area contributed by atoms with Gasteiger partial charge in [-0.25, -0.2) is 0 Å². The van der Waals surface area contributed by atoms with Crippen LogP contribution in [0, 0.1) is 11.3 Å². The van der Waals surface area contributed by atoms with Crippen LogP contribution < -0.4 is 10.6 Å². The maximum absolute atomic E-state index is 12.2. The van der Waals surface area contributed by atoms with Crippen molar-refractivity contribution in [2.24, 2.45) is 11.3 Å². The maximum atomic E-state index is 12.2. The topological polar surface area (TPSA) is 61.4 Å². The Bertz CT molecular complexity index is 395. The van der Waals surface area contributed by atoms with Gasteiger partial charge in [-0.3, -0.25) is 9.59 Å². The zero-order valence-electron chi connectivity index (χ0n) is 13.7. The number of carbonyl (C=O) groups excluding carboxylic acids is 2. The number of hydrogen-bond acceptors (Lipinski definition) is 3. The summed E-state index contributed by atoms with van der Waals surface area (Å²) in [5, 5.41) is 6.42. The van der Waals surface area contributed by atoms with Crippen molar-refractivity contribution >= 4 is 11.8 Å². The number of piperidine rings is 1. The van der Waals surface area contributed by atoms with E-state index in [1.54, 1.807) is 0 Å². The summed E-state index contributed by atoms with van der Waals surface area (Å²) in [6.45, 7) is 10.4. The molecule has 2 unspecified atom stereocenters. The number of nitrogens with one attached hydrogen (secondary N) is 2. The number of rotatable bonds is 2. The molecule has 2 saturated heterocycles. The summed E-state index contributed by atoms with van der Waals surface area (Å²) in [6, 6.07) is 0.162. The van der Waals surface area contributed by atoms with Crippen LogP contribution in [-0.2, 0) is 9.59 Å². The van der Waals surface area contributed by atoms with Gasteiger partial charge in [0.05, 0.1) is 6.04 Å². The molecule has 0 bridgehead atoms. The molecule has 5 heteroatoms. The lowest BCUT2D eigenvalue weighted by Gasteiger charge is -2.36. The Morgan fingerprint density at radius 2 is 1.76 bits per heavy atom. The van der Waals surface area contributed by atoms with Crippen molar-refractivity contribution in [3.63, 3.8) is 0 Å². The Morgan fingerprint density at radius 3 is 2.24 bits per heavy atom. The van der Waals surface area contributed by atoms with E-state index in [1.165, 1.54) is 0 Å². The van der Waals surface area contributed by atoms with Gasteiger partial charge >= 0.3 is 0 Å². The Kier molecular flexibility index (Phi) is 4.91. The first-order chi connectivity index (χ1) is 9.79. The lowest BCUT2D eigenvalue weighted by atomic mass is 9.93. The third-order valence-corrected chi connectivity index (χ3v) is 4.59. The predicted molar refractivity (Wildman–Crippen MR) is 82.8 cm³/mol. The fourth-order valence-electron chi connectivity index (χ4n) is 3.18. The van der Waals surface area contributed by atoms with E-state index in [0.29, 0.717) is 5.92 Å². The van der Waals surface area contributed by atoms with Crippen molar-refractivity contribution in [1.29, 1.82) is 0 Å². The van der Waals surface area contributed by atoms with Gasteiger partial charge in [-0.15, -0.1) is 0 Å². The minimum atomic E-state index is -0.320. The van der Waals surface area contributed by atoms with Gasteiger partial charge in [-0.1, -0.05) is 27.7 Å². The molecular weight excluding hydrogens is 266 g/mol. The summed E-state index contributed by atoms with van der Waals surface area (Å²) in [5.74, 6) is 0.742. The third-order valence-electron chi connectivity index (χ3n) is 4.59. The van der Waals surface area contributed by atoms with E-state index >= 15 is 0 Å². The molecule has 2 amide bonds. The van der Waals surface area contributed by atoms with Crippen LogP contribution in [0.3, 0.4) is 0 Å².